The van der Waals surface area contributed by atoms with E-state index < -0.39 is 0 Å². The lowest BCUT2D eigenvalue weighted by molar-refractivity contribution is 0.341. The van der Waals surface area contributed by atoms with Gasteiger partial charge in [-0.1, -0.05) is 12.1 Å². The van der Waals surface area contributed by atoms with E-state index in [4.69, 9.17) is 10.00 Å². The fraction of sp³-hybridized carbons (Fsp3) is 0.154. The molecule has 2 heteroatoms. The summed E-state index contributed by atoms with van der Waals surface area (Å²) in [6.07, 6.45) is 0. The molecule has 74 valence electrons. The molecule has 2 aromatic rings. The van der Waals surface area contributed by atoms with Gasteiger partial charge < -0.3 is 4.74 Å². The zero-order valence-electron chi connectivity index (χ0n) is 8.53. The van der Waals surface area contributed by atoms with Gasteiger partial charge in [0.2, 0.25) is 0 Å². The molecule has 0 aliphatic heterocycles. The Morgan fingerprint density at radius 3 is 2.60 bits per heavy atom. The average molecular weight is 197 g/mol. The summed E-state index contributed by atoms with van der Waals surface area (Å²) < 4.78 is 5.41. The smallest absolute Gasteiger partial charge is 0.119 e. The number of rotatable bonds is 2. The van der Waals surface area contributed by atoms with E-state index in [9.17, 15) is 0 Å². The molecule has 2 rings (SSSR count). The third-order valence-electron chi connectivity index (χ3n) is 2.25. The Hall–Kier alpha value is -2.01. The van der Waals surface area contributed by atoms with Gasteiger partial charge in [0.25, 0.3) is 0 Å². The molecule has 0 aliphatic rings. The van der Waals surface area contributed by atoms with E-state index in [0.717, 1.165) is 16.5 Å². The number of ether oxygens (including phenoxy) is 1. The molecule has 0 atom stereocenters. The molecular weight excluding hydrogens is 186 g/mol. The monoisotopic (exact) mass is 197 g/mol. The maximum Gasteiger partial charge on any atom is 0.119 e. The van der Waals surface area contributed by atoms with Gasteiger partial charge >= 0.3 is 0 Å². The van der Waals surface area contributed by atoms with Gasteiger partial charge in [-0.05, 0) is 42.0 Å². The molecule has 0 unspecified atom stereocenters. The van der Waals surface area contributed by atoms with Gasteiger partial charge in [-0.2, -0.15) is 5.26 Å². The maximum absolute atomic E-state index is 8.76. The van der Waals surface area contributed by atoms with Crippen molar-refractivity contribution in [3.05, 3.63) is 42.0 Å². The summed E-state index contributed by atoms with van der Waals surface area (Å²) in [5.74, 6) is 0.870. The first-order valence-corrected chi connectivity index (χ1v) is 4.90. The summed E-state index contributed by atoms with van der Waals surface area (Å²) in [6, 6.07) is 13.6. The summed E-state index contributed by atoms with van der Waals surface area (Å²) in [6.45, 7) is 2.63. The fourth-order valence-electron chi connectivity index (χ4n) is 1.55. The van der Waals surface area contributed by atoms with Crippen molar-refractivity contribution in [1.29, 1.82) is 5.26 Å². The second kappa shape index (κ2) is 4.02. The molecule has 0 aromatic heterocycles. The lowest BCUT2D eigenvalue weighted by atomic mass is 10.1. The first-order valence-electron chi connectivity index (χ1n) is 4.90. The van der Waals surface area contributed by atoms with Crippen LogP contribution in [0.5, 0.6) is 5.75 Å². The second-order valence-electron chi connectivity index (χ2n) is 3.27. The van der Waals surface area contributed by atoms with Crippen LogP contribution >= 0.6 is 0 Å². The quantitative estimate of drug-likeness (QED) is 0.741. The third-order valence-corrected chi connectivity index (χ3v) is 2.25. The van der Waals surface area contributed by atoms with Gasteiger partial charge in [0.1, 0.15) is 5.75 Å². The van der Waals surface area contributed by atoms with E-state index in [1.165, 1.54) is 0 Å². The van der Waals surface area contributed by atoms with E-state index in [-0.39, 0.29) is 0 Å². The zero-order valence-corrected chi connectivity index (χ0v) is 8.53. The number of hydrogen-bond donors (Lipinski definition) is 0. The topological polar surface area (TPSA) is 33.0 Å². The Balaban J connectivity index is 2.51. The van der Waals surface area contributed by atoms with Crippen molar-refractivity contribution in [3.63, 3.8) is 0 Å². The minimum absolute atomic E-state index is 0.668. The zero-order chi connectivity index (χ0) is 10.7. The summed E-state index contributed by atoms with van der Waals surface area (Å²) in [7, 11) is 0. The molecule has 0 fully saturated rings. The first kappa shape index (κ1) is 9.54. The van der Waals surface area contributed by atoms with E-state index in [0.29, 0.717) is 12.2 Å². The minimum Gasteiger partial charge on any atom is -0.494 e. The van der Waals surface area contributed by atoms with Crippen molar-refractivity contribution in [3.8, 4) is 11.8 Å². The van der Waals surface area contributed by atoms with Crippen LogP contribution in [0, 0.1) is 11.3 Å². The van der Waals surface area contributed by atoms with Crippen LogP contribution in [-0.4, -0.2) is 6.61 Å². The molecular formula is C13H11NO. The molecule has 0 spiro atoms. The largest absolute Gasteiger partial charge is 0.494 e. The predicted molar refractivity (Wildman–Crippen MR) is 59.8 cm³/mol. The third kappa shape index (κ3) is 1.92. The second-order valence-corrected chi connectivity index (χ2v) is 3.27. The highest BCUT2D eigenvalue weighted by Gasteiger charge is 1.98. The molecule has 0 saturated heterocycles. The molecule has 0 aliphatic carbocycles. The molecule has 0 saturated carbocycles. The van der Waals surface area contributed by atoms with Crippen molar-refractivity contribution >= 4 is 10.8 Å². The summed E-state index contributed by atoms with van der Waals surface area (Å²) in [4.78, 5) is 0. The molecule has 15 heavy (non-hydrogen) atoms. The molecule has 2 aromatic carbocycles. The van der Waals surface area contributed by atoms with Crippen molar-refractivity contribution in [2.45, 2.75) is 6.92 Å². The molecule has 0 radical (unpaired) electrons. The van der Waals surface area contributed by atoms with Crippen LogP contribution < -0.4 is 4.74 Å². The molecule has 0 N–H and O–H groups in total. The lowest BCUT2D eigenvalue weighted by Crippen LogP contribution is -1.90. The Morgan fingerprint density at radius 1 is 1.13 bits per heavy atom. The predicted octanol–water partition coefficient (Wildman–Crippen LogP) is 3.11. The van der Waals surface area contributed by atoms with Crippen LogP contribution in [-0.2, 0) is 0 Å². The van der Waals surface area contributed by atoms with Crippen molar-refractivity contribution in [2.75, 3.05) is 6.61 Å². The Morgan fingerprint density at radius 2 is 1.87 bits per heavy atom. The van der Waals surface area contributed by atoms with Crippen LogP contribution in [0.25, 0.3) is 10.8 Å². The van der Waals surface area contributed by atoms with E-state index >= 15 is 0 Å². The SMILES string of the molecule is CCOc1ccc2cc(C#N)ccc2c1. The molecule has 0 heterocycles. The first-order chi connectivity index (χ1) is 7.33. The van der Waals surface area contributed by atoms with Gasteiger partial charge in [-0.25, -0.2) is 0 Å². The van der Waals surface area contributed by atoms with Crippen LogP contribution in [0.15, 0.2) is 36.4 Å². The Bertz CT molecular complexity index is 526. The summed E-state index contributed by atoms with van der Waals surface area (Å²) in [5, 5.41) is 10.9. The van der Waals surface area contributed by atoms with Gasteiger partial charge in [-0.15, -0.1) is 0 Å². The average Bonchev–Trinajstić information content (AvgIpc) is 2.29. The highest BCUT2D eigenvalue weighted by atomic mass is 16.5. The van der Waals surface area contributed by atoms with Gasteiger partial charge in [0.05, 0.1) is 18.2 Å². The van der Waals surface area contributed by atoms with E-state index in [1.807, 2.05) is 43.3 Å². The van der Waals surface area contributed by atoms with Crippen LogP contribution in [0.1, 0.15) is 12.5 Å². The van der Waals surface area contributed by atoms with Crippen molar-refractivity contribution in [2.24, 2.45) is 0 Å². The van der Waals surface area contributed by atoms with E-state index in [2.05, 4.69) is 6.07 Å². The molecule has 0 amide bonds. The Labute approximate surface area is 88.7 Å². The fourth-order valence-corrected chi connectivity index (χ4v) is 1.55. The highest BCUT2D eigenvalue weighted by Crippen LogP contribution is 2.21. The summed E-state index contributed by atoms with van der Waals surface area (Å²) >= 11 is 0. The van der Waals surface area contributed by atoms with Gasteiger partial charge in [-0.3, -0.25) is 0 Å². The van der Waals surface area contributed by atoms with E-state index in [1.54, 1.807) is 0 Å². The maximum atomic E-state index is 8.76. The number of hydrogen-bond acceptors (Lipinski definition) is 2. The Kier molecular flexibility index (Phi) is 2.55. The molecule has 0 bridgehead atoms. The van der Waals surface area contributed by atoms with Crippen molar-refractivity contribution < 1.29 is 4.74 Å². The minimum atomic E-state index is 0.668. The number of fused-ring (bicyclic) bond motifs is 1. The standard InChI is InChI=1S/C13H11NO/c1-2-15-13-6-5-11-7-10(9-14)3-4-12(11)8-13/h3-8H,2H2,1H3. The summed E-state index contributed by atoms with van der Waals surface area (Å²) in [5.41, 5.74) is 0.687. The number of nitrogens with zero attached hydrogens (tertiary/aromatic N) is 1. The normalized spacial score (nSPS) is 9.87. The van der Waals surface area contributed by atoms with Crippen LogP contribution in [0.4, 0.5) is 0 Å². The van der Waals surface area contributed by atoms with Crippen LogP contribution in [0.3, 0.4) is 0 Å². The van der Waals surface area contributed by atoms with Crippen LogP contribution in [0.2, 0.25) is 0 Å². The molecule has 2 nitrogen and oxygen atoms in total. The van der Waals surface area contributed by atoms with Gasteiger partial charge in [0.15, 0.2) is 0 Å². The highest BCUT2D eigenvalue weighted by molar-refractivity contribution is 5.85. The number of nitriles is 1. The van der Waals surface area contributed by atoms with Crippen molar-refractivity contribution in [1.82, 2.24) is 0 Å². The lowest BCUT2D eigenvalue weighted by Gasteiger charge is -2.04. The number of benzene rings is 2. The van der Waals surface area contributed by atoms with Gasteiger partial charge in [0, 0.05) is 0 Å².